The standard InChI is InChI=1S/C10H18N2OS/c1-7(10(3,4)13)11-5-9-6-12-8(2)14-9/h6-7,11,13H,5H2,1-4H3. The van der Waals surface area contributed by atoms with Gasteiger partial charge in [-0.2, -0.15) is 0 Å². The van der Waals surface area contributed by atoms with Crippen LogP contribution < -0.4 is 5.32 Å². The zero-order valence-electron chi connectivity index (χ0n) is 9.16. The summed E-state index contributed by atoms with van der Waals surface area (Å²) in [6, 6.07) is 0.0740. The fourth-order valence-electron chi connectivity index (χ4n) is 0.991. The fourth-order valence-corrected chi connectivity index (χ4v) is 1.74. The molecule has 1 unspecified atom stereocenters. The molecule has 0 radical (unpaired) electrons. The Bertz CT molecular complexity index is 291. The largest absolute Gasteiger partial charge is 0.389 e. The molecule has 0 aromatic carbocycles. The molecule has 0 bridgehead atoms. The van der Waals surface area contributed by atoms with E-state index >= 15 is 0 Å². The van der Waals surface area contributed by atoms with Crippen LogP contribution in [0.2, 0.25) is 0 Å². The van der Waals surface area contributed by atoms with Crippen LogP contribution in [0, 0.1) is 6.92 Å². The molecule has 0 saturated carbocycles. The molecule has 0 aliphatic heterocycles. The molecule has 1 aromatic rings. The van der Waals surface area contributed by atoms with Gasteiger partial charge in [0, 0.05) is 23.7 Å². The lowest BCUT2D eigenvalue weighted by atomic mass is 10.0. The Kier molecular flexibility index (Phi) is 3.64. The smallest absolute Gasteiger partial charge is 0.0897 e. The van der Waals surface area contributed by atoms with Gasteiger partial charge in [0.15, 0.2) is 0 Å². The molecule has 1 aromatic heterocycles. The Morgan fingerprint density at radius 1 is 1.64 bits per heavy atom. The van der Waals surface area contributed by atoms with E-state index in [1.54, 1.807) is 11.3 Å². The van der Waals surface area contributed by atoms with E-state index in [0.717, 1.165) is 11.6 Å². The summed E-state index contributed by atoms with van der Waals surface area (Å²) in [5.74, 6) is 0. The highest BCUT2D eigenvalue weighted by Gasteiger charge is 2.21. The summed E-state index contributed by atoms with van der Waals surface area (Å²) in [5.41, 5.74) is -0.681. The molecule has 0 saturated heterocycles. The summed E-state index contributed by atoms with van der Waals surface area (Å²) in [5, 5.41) is 14.0. The minimum atomic E-state index is -0.681. The maximum Gasteiger partial charge on any atom is 0.0897 e. The van der Waals surface area contributed by atoms with Crippen molar-refractivity contribution < 1.29 is 5.11 Å². The van der Waals surface area contributed by atoms with Gasteiger partial charge >= 0.3 is 0 Å². The quantitative estimate of drug-likeness (QED) is 0.802. The Balaban J connectivity index is 2.41. The lowest BCUT2D eigenvalue weighted by molar-refractivity contribution is 0.0438. The molecule has 0 spiro atoms. The van der Waals surface area contributed by atoms with Crippen LogP contribution in [0.5, 0.6) is 0 Å². The van der Waals surface area contributed by atoms with Crippen molar-refractivity contribution in [2.45, 2.75) is 45.9 Å². The molecule has 1 atom stereocenters. The van der Waals surface area contributed by atoms with Gasteiger partial charge in [0.25, 0.3) is 0 Å². The summed E-state index contributed by atoms with van der Waals surface area (Å²) in [7, 11) is 0. The molecule has 80 valence electrons. The van der Waals surface area contributed by atoms with Crippen LogP contribution in [0.4, 0.5) is 0 Å². The Labute approximate surface area is 89.2 Å². The molecule has 1 rings (SSSR count). The molecule has 0 aliphatic rings. The number of hydrogen-bond acceptors (Lipinski definition) is 4. The molecule has 14 heavy (non-hydrogen) atoms. The highest BCUT2D eigenvalue weighted by atomic mass is 32.1. The summed E-state index contributed by atoms with van der Waals surface area (Å²) < 4.78 is 0. The van der Waals surface area contributed by atoms with Crippen LogP contribution >= 0.6 is 11.3 Å². The first-order valence-corrected chi connectivity index (χ1v) is 5.58. The van der Waals surface area contributed by atoms with Gasteiger partial charge in [-0.25, -0.2) is 4.98 Å². The normalized spacial score (nSPS) is 14.4. The second-order valence-electron chi connectivity index (χ2n) is 4.10. The van der Waals surface area contributed by atoms with Gasteiger partial charge in [0.2, 0.25) is 0 Å². The number of hydrogen-bond donors (Lipinski definition) is 2. The van der Waals surface area contributed by atoms with Crippen molar-refractivity contribution in [1.82, 2.24) is 10.3 Å². The van der Waals surface area contributed by atoms with Crippen LogP contribution in [-0.4, -0.2) is 21.7 Å². The van der Waals surface area contributed by atoms with Crippen LogP contribution in [0.15, 0.2) is 6.20 Å². The molecule has 0 aliphatic carbocycles. The van der Waals surface area contributed by atoms with Crippen molar-refractivity contribution in [2.24, 2.45) is 0 Å². The van der Waals surface area contributed by atoms with Crippen molar-refractivity contribution in [3.05, 3.63) is 16.1 Å². The summed E-state index contributed by atoms with van der Waals surface area (Å²) in [4.78, 5) is 5.38. The minimum Gasteiger partial charge on any atom is -0.389 e. The van der Waals surface area contributed by atoms with E-state index in [-0.39, 0.29) is 6.04 Å². The first kappa shape index (κ1) is 11.6. The molecule has 1 heterocycles. The third-order valence-electron chi connectivity index (χ3n) is 2.31. The van der Waals surface area contributed by atoms with Crippen LogP contribution in [0.3, 0.4) is 0 Å². The highest BCUT2D eigenvalue weighted by molar-refractivity contribution is 7.11. The van der Waals surface area contributed by atoms with Gasteiger partial charge in [-0.05, 0) is 27.7 Å². The van der Waals surface area contributed by atoms with Gasteiger partial charge in [0.1, 0.15) is 0 Å². The van der Waals surface area contributed by atoms with Gasteiger partial charge < -0.3 is 10.4 Å². The van der Waals surface area contributed by atoms with E-state index in [4.69, 9.17) is 0 Å². The van der Waals surface area contributed by atoms with Gasteiger partial charge in [0.05, 0.1) is 10.6 Å². The van der Waals surface area contributed by atoms with E-state index in [9.17, 15) is 5.11 Å². The van der Waals surface area contributed by atoms with Crippen molar-refractivity contribution in [3.8, 4) is 0 Å². The molecule has 2 N–H and O–H groups in total. The van der Waals surface area contributed by atoms with Crippen LogP contribution in [0.25, 0.3) is 0 Å². The highest BCUT2D eigenvalue weighted by Crippen LogP contribution is 2.13. The average molecular weight is 214 g/mol. The maximum absolute atomic E-state index is 9.69. The van der Waals surface area contributed by atoms with E-state index in [0.29, 0.717) is 0 Å². The number of nitrogens with one attached hydrogen (secondary N) is 1. The predicted octanol–water partition coefficient (Wildman–Crippen LogP) is 1.70. The first-order valence-electron chi connectivity index (χ1n) is 4.76. The lowest BCUT2D eigenvalue weighted by Crippen LogP contribution is -2.43. The monoisotopic (exact) mass is 214 g/mol. The average Bonchev–Trinajstić information content (AvgIpc) is 2.45. The Morgan fingerprint density at radius 2 is 2.29 bits per heavy atom. The third-order valence-corrected chi connectivity index (χ3v) is 3.22. The number of thiazole rings is 1. The molecule has 3 nitrogen and oxygen atoms in total. The molecular weight excluding hydrogens is 196 g/mol. The van der Waals surface area contributed by atoms with Crippen molar-refractivity contribution >= 4 is 11.3 Å². The molecular formula is C10H18N2OS. The number of aliphatic hydroxyl groups is 1. The van der Waals surface area contributed by atoms with Crippen molar-refractivity contribution in [1.29, 1.82) is 0 Å². The number of rotatable bonds is 4. The maximum atomic E-state index is 9.69. The van der Waals surface area contributed by atoms with E-state index in [1.165, 1.54) is 4.88 Å². The number of aryl methyl sites for hydroxylation is 1. The topological polar surface area (TPSA) is 45.2 Å². The predicted molar refractivity (Wildman–Crippen MR) is 59.5 cm³/mol. The number of aromatic nitrogens is 1. The lowest BCUT2D eigenvalue weighted by Gasteiger charge is -2.26. The van der Waals surface area contributed by atoms with Gasteiger partial charge in [-0.3, -0.25) is 0 Å². The van der Waals surface area contributed by atoms with E-state index < -0.39 is 5.60 Å². The van der Waals surface area contributed by atoms with Crippen molar-refractivity contribution in [2.75, 3.05) is 0 Å². The summed E-state index contributed by atoms with van der Waals surface area (Å²) >= 11 is 1.69. The first-order chi connectivity index (χ1) is 6.39. The molecule has 0 amide bonds. The van der Waals surface area contributed by atoms with Crippen molar-refractivity contribution in [3.63, 3.8) is 0 Å². The Morgan fingerprint density at radius 3 is 2.71 bits per heavy atom. The van der Waals surface area contributed by atoms with Crippen LogP contribution in [-0.2, 0) is 6.54 Å². The summed E-state index contributed by atoms with van der Waals surface area (Å²) in [6.07, 6.45) is 1.88. The van der Waals surface area contributed by atoms with Crippen LogP contribution in [0.1, 0.15) is 30.7 Å². The Hall–Kier alpha value is -0.450. The van der Waals surface area contributed by atoms with E-state index in [1.807, 2.05) is 33.9 Å². The number of nitrogens with zero attached hydrogens (tertiary/aromatic N) is 1. The molecule has 0 fully saturated rings. The summed E-state index contributed by atoms with van der Waals surface area (Å²) in [6.45, 7) is 8.36. The zero-order valence-corrected chi connectivity index (χ0v) is 9.98. The fraction of sp³-hybridized carbons (Fsp3) is 0.700. The SMILES string of the molecule is Cc1ncc(CNC(C)C(C)(C)O)s1. The second kappa shape index (κ2) is 4.38. The zero-order chi connectivity index (χ0) is 10.8. The third kappa shape index (κ3) is 3.36. The van der Waals surface area contributed by atoms with E-state index in [2.05, 4.69) is 10.3 Å². The second-order valence-corrected chi connectivity index (χ2v) is 5.42. The van der Waals surface area contributed by atoms with Gasteiger partial charge in [-0.15, -0.1) is 11.3 Å². The minimum absolute atomic E-state index is 0.0740. The van der Waals surface area contributed by atoms with Gasteiger partial charge in [-0.1, -0.05) is 0 Å². The molecule has 4 heteroatoms.